The molecule has 4 aliphatic heterocycles. The molecule has 2 atom stereocenters. The van der Waals surface area contributed by atoms with Crippen LogP contribution in [0.2, 0.25) is 0 Å². The standard InChI is InChI=1S/C41H53FN8O5.C17H24FNO2.C15H18N2O.C2H6.H2/c42-35-11-10-30(25-36-32-8-4-5-9-33(32)39(53)45-44-36)24-34(35)40(54)49-22-20-48(21-23-49)37(52)27-46-14-12-29(13-15-46)26-47-16-18-50(19-17-47)41(55)38(43-28-51)31-6-2-1-3-7-31;1-12-10-13(7-8-15(12)18)14-6-5-9-19(11-14)16(20)21-17(2,3)4;1-3-7-11(4-2)10-14(16)12-8-5-6-9-13(12)15(17)18;1-2;/h4-5,8-11,24,28-29,31,38H,1-3,6-7,12-23,25-27H2,(H,43,51)(H,45,53);7-8,10,14H,5-6,9,11H2,1-4H3;4-9,16H,2-3,10H2,1H3,(H2,17,18);1-2H3;1H/b;;11-7+,16-14?;;. The van der Waals surface area contributed by atoms with Gasteiger partial charge in [0.05, 0.1) is 23.2 Å². The highest BCUT2D eigenvalue weighted by atomic mass is 19.1. The van der Waals surface area contributed by atoms with E-state index >= 15 is 0 Å². The van der Waals surface area contributed by atoms with Crippen LogP contribution in [0.5, 0.6) is 0 Å². The summed E-state index contributed by atoms with van der Waals surface area (Å²) >= 11 is 0. The van der Waals surface area contributed by atoms with Crippen LogP contribution in [0.4, 0.5) is 13.6 Å². The Kier molecular flexibility index (Phi) is 28.6. The van der Waals surface area contributed by atoms with Crippen LogP contribution in [0.3, 0.4) is 0 Å². The van der Waals surface area contributed by atoms with E-state index in [1.165, 1.54) is 18.6 Å². The number of rotatable bonds is 18. The van der Waals surface area contributed by atoms with Gasteiger partial charge in [0.1, 0.15) is 23.3 Å². The number of nitrogens with zero attached hydrogens (tertiary/aromatic N) is 7. The van der Waals surface area contributed by atoms with E-state index in [9.17, 15) is 42.3 Å². The number of halogens is 2. The second-order valence-corrected chi connectivity index (χ2v) is 26.4. The number of H-pyrrole nitrogens is 1. The highest BCUT2D eigenvalue weighted by molar-refractivity contribution is 6.09. The maximum Gasteiger partial charge on any atom is 0.410 e. The van der Waals surface area contributed by atoms with Gasteiger partial charge < -0.3 is 40.8 Å². The van der Waals surface area contributed by atoms with E-state index in [2.05, 4.69) is 31.9 Å². The number of likely N-dealkylation sites (tertiary alicyclic amines) is 2. The number of allylic oxidation sites excluding steroid dienone is 3. The van der Waals surface area contributed by atoms with Crippen molar-refractivity contribution in [1.29, 1.82) is 5.41 Å². The molecule has 0 bridgehead atoms. The van der Waals surface area contributed by atoms with Gasteiger partial charge in [-0.15, -0.1) is 0 Å². The van der Waals surface area contributed by atoms with Crippen molar-refractivity contribution in [3.8, 4) is 0 Å². The van der Waals surface area contributed by atoms with Crippen molar-refractivity contribution in [3.05, 3.63) is 170 Å². The van der Waals surface area contributed by atoms with E-state index in [0.717, 1.165) is 108 Å². The number of aromatic nitrogens is 2. The van der Waals surface area contributed by atoms with Crippen LogP contribution >= 0.6 is 0 Å². The Bertz CT molecular complexity index is 3570. The van der Waals surface area contributed by atoms with Gasteiger partial charge in [0, 0.05) is 114 Å². The third kappa shape index (κ3) is 21.3. The summed E-state index contributed by atoms with van der Waals surface area (Å²) < 4.78 is 33.8. The summed E-state index contributed by atoms with van der Waals surface area (Å²) in [6.07, 6.45) is 15.3. The van der Waals surface area contributed by atoms with Gasteiger partial charge in [-0.25, -0.2) is 18.7 Å². The van der Waals surface area contributed by atoms with Gasteiger partial charge in [-0.05, 0) is 150 Å². The van der Waals surface area contributed by atoms with E-state index in [0.29, 0.717) is 122 Å². The first-order valence-corrected chi connectivity index (χ1v) is 34.4. The maximum atomic E-state index is 15.0. The Morgan fingerprint density at radius 3 is 2.03 bits per heavy atom. The van der Waals surface area contributed by atoms with Gasteiger partial charge in [-0.2, -0.15) is 5.10 Å². The molecule has 6 amide bonds. The Labute approximate surface area is 566 Å². The largest absolute Gasteiger partial charge is 0.444 e. The molecule has 1 saturated carbocycles. The summed E-state index contributed by atoms with van der Waals surface area (Å²) in [5.41, 5.74) is 9.97. The number of aromatic amines is 1. The van der Waals surface area contributed by atoms with E-state index < -0.39 is 29.3 Å². The van der Waals surface area contributed by atoms with Crippen LogP contribution < -0.4 is 16.6 Å². The van der Waals surface area contributed by atoms with E-state index in [1.807, 2.05) is 76.8 Å². The fourth-order valence-corrected chi connectivity index (χ4v) is 13.4. The third-order valence-electron chi connectivity index (χ3n) is 18.6. The Balaban J connectivity index is 0.000000289. The molecule has 4 aromatic carbocycles. The number of carbonyl (C=O) groups excluding carboxylic acids is 6. The fraction of sp³-hybridized carbons (Fsp3) is 0.507. The highest BCUT2D eigenvalue weighted by Gasteiger charge is 2.36. The Morgan fingerprint density at radius 2 is 1.40 bits per heavy atom. The number of benzene rings is 4. The molecule has 96 heavy (non-hydrogen) atoms. The average molecular weight is 1320 g/mol. The zero-order valence-electron chi connectivity index (χ0n) is 57.4. The molecule has 19 nitrogen and oxygen atoms in total. The lowest BCUT2D eigenvalue weighted by molar-refractivity contribution is -0.138. The second kappa shape index (κ2) is 36.6. The molecule has 10 rings (SSSR count). The van der Waals surface area contributed by atoms with Gasteiger partial charge in [-0.3, -0.25) is 38.6 Å². The molecular formula is C75H103F2N11O8. The van der Waals surface area contributed by atoms with Gasteiger partial charge >= 0.3 is 6.09 Å². The van der Waals surface area contributed by atoms with Crippen LogP contribution in [-0.4, -0.2) is 185 Å². The summed E-state index contributed by atoms with van der Waals surface area (Å²) in [5.74, 6) is -0.539. The average Bonchev–Trinajstić information content (AvgIpc) is 0.874. The first-order valence-electron chi connectivity index (χ1n) is 34.4. The normalized spacial score (nSPS) is 17.9. The number of nitrogens with two attached hydrogens (primary N) is 1. The molecule has 5 fully saturated rings. The van der Waals surface area contributed by atoms with Crippen LogP contribution in [0, 0.1) is 35.8 Å². The monoisotopic (exact) mass is 1320 g/mol. The smallest absolute Gasteiger partial charge is 0.410 e. The number of fused-ring (bicyclic) bond motifs is 1. The van der Waals surface area contributed by atoms with Crippen LogP contribution in [0.25, 0.3) is 10.8 Å². The summed E-state index contributed by atoms with van der Waals surface area (Å²) in [7, 11) is 0. The van der Waals surface area contributed by atoms with Gasteiger partial charge in [0.2, 0.25) is 24.1 Å². The first kappa shape index (κ1) is 75.0. The minimum absolute atomic E-state index is 0. The lowest BCUT2D eigenvalue weighted by Crippen LogP contribution is -2.56. The zero-order chi connectivity index (χ0) is 69.5. The number of hydrogen-bond acceptors (Lipinski definition) is 12. The molecule has 0 spiro atoms. The number of nitrogens with one attached hydrogen (secondary N) is 3. The molecule has 5 heterocycles. The predicted octanol–water partition coefficient (Wildman–Crippen LogP) is 11.1. The predicted molar refractivity (Wildman–Crippen MR) is 375 cm³/mol. The van der Waals surface area contributed by atoms with Crippen LogP contribution in [0.1, 0.15) is 168 Å². The number of aryl methyl sites for hydroxylation is 1. The number of piperazine rings is 2. The van der Waals surface area contributed by atoms with Crippen LogP contribution in [0.15, 0.2) is 114 Å². The zero-order valence-corrected chi connectivity index (χ0v) is 57.4. The van der Waals surface area contributed by atoms with Gasteiger partial charge in [0.15, 0.2) is 0 Å². The van der Waals surface area contributed by atoms with Crippen molar-refractivity contribution in [1.82, 2.24) is 44.9 Å². The molecular weight excluding hydrogens is 1220 g/mol. The molecule has 520 valence electrons. The summed E-state index contributed by atoms with van der Waals surface area (Å²) in [5, 5.41) is 18.9. The first-order chi connectivity index (χ1) is 46.1. The van der Waals surface area contributed by atoms with Crippen molar-refractivity contribution >= 4 is 52.6 Å². The van der Waals surface area contributed by atoms with Gasteiger partial charge in [-0.1, -0.05) is 113 Å². The molecule has 0 radical (unpaired) electrons. The van der Waals surface area contributed by atoms with Crippen molar-refractivity contribution in [2.45, 2.75) is 143 Å². The molecule has 1 aliphatic carbocycles. The number of carbonyl (C=O) groups is 6. The minimum atomic E-state index is -0.598. The molecule has 2 unspecified atom stereocenters. The molecule has 1 aromatic heterocycles. The van der Waals surface area contributed by atoms with E-state index in [4.69, 9.17) is 15.9 Å². The molecule has 21 heteroatoms. The van der Waals surface area contributed by atoms with Crippen molar-refractivity contribution in [2.75, 3.05) is 91.6 Å². The third-order valence-corrected chi connectivity index (χ3v) is 18.6. The quantitative estimate of drug-likeness (QED) is 0.0365. The molecule has 5 aliphatic rings. The summed E-state index contributed by atoms with van der Waals surface area (Å²) in [6, 6.07) is 23.4. The van der Waals surface area contributed by atoms with Crippen molar-refractivity contribution in [2.24, 2.45) is 17.6 Å². The molecule has 5 aromatic rings. The highest BCUT2D eigenvalue weighted by Crippen LogP contribution is 2.31. The Hall–Kier alpha value is -8.43. The van der Waals surface area contributed by atoms with Crippen molar-refractivity contribution in [3.63, 3.8) is 0 Å². The van der Waals surface area contributed by atoms with Crippen molar-refractivity contribution < 1.29 is 43.7 Å². The number of piperidine rings is 2. The van der Waals surface area contributed by atoms with Crippen LogP contribution in [-0.2, 0) is 25.5 Å². The lowest BCUT2D eigenvalue weighted by atomic mass is 9.83. The molecule has 4 saturated heterocycles. The fourth-order valence-electron chi connectivity index (χ4n) is 13.4. The number of amides is 6. The van der Waals surface area contributed by atoms with E-state index in [1.54, 1.807) is 76.2 Å². The van der Waals surface area contributed by atoms with Gasteiger partial charge in [0.25, 0.3) is 11.5 Å². The lowest BCUT2D eigenvalue weighted by Gasteiger charge is -2.41. The summed E-state index contributed by atoms with van der Waals surface area (Å²) in [4.78, 5) is 98.9. The number of hydrogen-bond donors (Lipinski definition) is 4. The summed E-state index contributed by atoms with van der Waals surface area (Å²) in [6.45, 7) is 26.1. The number of primary amides is 1. The topological polar surface area (TPSA) is 239 Å². The Morgan fingerprint density at radius 1 is 0.760 bits per heavy atom. The SMILES string of the molecule is C=C/C(=C\CC)CC(=N)c1ccccc1C(N)=O.CC.Cc1cc(C2CCCN(C(=O)OC(C)(C)C)C2)ccc1F.O=CNC(C(=O)N1CCN(CC2CCN(CC(=O)N3CCN(C(=O)c4cc(Cc5n[nH]c(=O)c6ccccc56)ccc4F)CC3)CC2)CC1)C1CCCCC1.[HH]. The van der Waals surface area contributed by atoms with E-state index in [-0.39, 0.29) is 48.1 Å². The minimum Gasteiger partial charge on any atom is -0.444 e. The molecule has 5 N–H and O–H groups in total. The second-order valence-electron chi connectivity index (χ2n) is 26.4. The number of ether oxygens (including phenoxy) is 1. The maximum absolute atomic E-state index is 15.0.